The molecule has 17 heavy (non-hydrogen) atoms. The predicted octanol–water partition coefficient (Wildman–Crippen LogP) is 1.97. The first kappa shape index (κ1) is 10.7. The van der Waals surface area contributed by atoms with Gasteiger partial charge in [0.15, 0.2) is 0 Å². The predicted molar refractivity (Wildman–Crippen MR) is 56.7 cm³/mol. The number of carbonyl (C=O) groups excluding carboxylic acids is 1. The SMILES string of the molecule is O=C1Nc2c(F)cc(F)cc2C12CCOCC2. The first-order valence-electron chi connectivity index (χ1n) is 5.52. The van der Waals surface area contributed by atoms with Crippen molar-refractivity contribution in [2.75, 3.05) is 18.5 Å². The van der Waals surface area contributed by atoms with Gasteiger partial charge in [0.1, 0.15) is 11.6 Å². The summed E-state index contributed by atoms with van der Waals surface area (Å²) in [7, 11) is 0. The van der Waals surface area contributed by atoms with Crippen LogP contribution < -0.4 is 5.32 Å². The smallest absolute Gasteiger partial charge is 0.235 e. The average Bonchev–Trinajstić information content (AvgIpc) is 2.56. The highest BCUT2D eigenvalue weighted by Crippen LogP contribution is 2.45. The summed E-state index contributed by atoms with van der Waals surface area (Å²) >= 11 is 0. The normalized spacial score (nSPS) is 21.4. The second-order valence-electron chi connectivity index (χ2n) is 4.46. The molecule has 1 spiro atoms. The van der Waals surface area contributed by atoms with Gasteiger partial charge in [0.2, 0.25) is 5.91 Å². The Kier molecular flexibility index (Phi) is 2.19. The Morgan fingerprint density at radius 3 is 2.65 bits per heavy atom. The summed E-state index contributed by atoms with van der Waals surface area (Å²) in [5.41, 5.74) is -0.252. The maximum absolute atomic E-state index is 13.6. The fourth-order valence-electron chi connectivity index (χ4n) is 2.65. The molecule has 0 unspecified atom stereocenters. The average molecular weight is 239 g/mol. The van der Waals surface area contributed by atoms with Gasteiger partial charge in [-0.05, 0) is 24.5 Å². The van der Waals surface area contributed by atoms with Crippen LogP contribution in [-0.4, -0.2) is 19.1 Å². The van der Waals surface area contributed by atoms with Crippen LogP contribution in [-0.2, 0) is 14.9 Å². The molecule has 90 valence electrons. The van der Waals surface area contributed by atoms with Crippen LogP contribution in [0.4, 0.5) is 14.5 Å². The van der Waals surface area contributed by atoms with Gasteiger partial charge in [0, 0.05) is 19.3 Å². The molecule has 1 aromatic carbocycles. The van der Waals surface area contributed by atoms with E-state index in [1.165, 1.54) is 6.07 Å². The van der Waals surface area contributed by atoms with Crippen molar-refractivity contribution in [2.24, 2.45) is 0 Å². The quantitative estimate of drug-likeness (QED) is 0.751. The van der Waals surface area contributed by atoms with Crippen LogP contribution in [0.3, 0.4) is 0 Å². The summed E-state index contributed by atoms with van der Waals surface area (Å²) in [6.07, 6.45) is 0.934. The molecular weight excluding hydrogens is 228 g/mol. The number of nitrogens with one attached hydrogen (secondary N) is 1. The lowest BCUT2D eigenvalue weighted by molar-refractivity contribution is -0.124. The highest BCUT2D eigenvalue weighted by molar-refractivity contribution is 6.06. The molecule has 3 rings (SSSR count). The minimum atomic E-state index is -0.809. The van der Waals surface area contributed by atoms with E-state index in [-0.39, 0.29) is 11.6 Å². The Balaban J connectivity index is 2.18. The number of halogens is 2. The number of hydrogen-bond acceptors (Lipinski definition) is 2. The van der Waals surface area contributed by atoms with Gasteiger partial charge < -0.3 is 10.1 Å². The zero-order valence-electron chi connectivity index (χ0n) is 9.06. The third kappa shape index (κ3) is 1.38. The standard InChI is InChI=1S/C12H11F2NO2/c13-7-5-8-10(9(14)6-7)15-11(16)12(8)1-3-17-4-2-12/h5-6H,1-4H2,(H,15,16). The molecule has 2 aliphatic heterocycles. The van der Waals surface area contributed by atoms with Crippen LogP contribution in [0.5, 0.6) is 0 Å². The lowest BCUT2D eigenvalue weighted by Crippen LogP contribution is -2.40. The molecule has 0 aliphatic carbocycles. The summed E-state index contributed by atoms with van der Waals surface area (Å²) in [4.78, 5) is 12.0. The molecule has 0 bridgehead atoms. The summed E-state index contributed by atoms with van der Waals surface area (Å²) < 4.78 is 32.1. The van der Waals surface area contributed by atoms with Crippen molar-refractivity contribution in [3.63, 3.8) is 0 Å². The molecule has 1 amide bonds. The maximum atomic E-state index is 13.6. The molecule has 0 radical (unpaired) electrons. The molecule has 0 atom stereocenters. The van der Waals surface area contributed by atoms with Crippen molar-refractivity contribution < 1.29 is 18.3 Å². The van der Waals surface area contributed by atoms with Gasteiger partial charge in [-0.2, -0.15) is 0 Å². The number of amides is 1. The molecule has 0 saturated carbocycles. The number of fused-ring (bicyclic) bond motifs is 2. The largest absolute Gasteiger partial charge is 0.381 e. The fourth-order valence-corrected chi connectivity index (χ4v) is 2.65. The van der Waals surface area contributed by atoms with Gasteiger partial charge in [0.25, 0.3) is 0 Å². The van der Waals surface area contributed by atoms with Crippen molar-refractivity contribution in [1.82, 2.24) is 0 Å². The third-order valence-electron chi connectivity index (χ3n) is 3.59. The zero-order chi connectivity index (χ0) is 12.0. The number of anilines is 1. The van der Waals surface area contributed by atoms with E-state index in [0.717, 1.165) is 6.07 Å². The minimum Gasteiger partial charge on any atom is -0.381 e. The van der Waals surface area contributed by atoms with E-state index >= 15 is 0 Å². The number of ether oxygens (including phenoxy) is 1. The van der Waals surface area contributed by atoms with Crippen LogP contribution in [0.15, 0.2) is 12.1 Å². The molecule has 1 saturated heterocycles. The lowest BCUT2D eigenvalue weighted by Gasteiger charge is -2.31. The van der Waals surface area contributed by atoms with Crippen LogP contribution >= 0.6 is 0 Å². The second-order valence-corrected chi connectivity index (χ2v) is 4.46. The van der Waals surface area contributed by atoms with Crippen molar-refractivity contribution in [2.45, 2.75) is 18.3 Å². The molecule has 3 nitrogen and oxygen atoms in total. The Morgan fingerprint density at radius 1 is 1.24 bits per heavy atom. The van der Waals surface area contributed by atoms with Crippen molar-refractivity contribution in [3.05, 3.63) is 29.3 Å². The van der Waals surface area contributed by atoms with Gasteiger partial charge in [-0.25, -0.2) is 8.78 Å². The summed E-state index contributed by atoms with van der Waals surface area (Å²) in [6, 6.07) is 2.04. The van der Waals surface area contributed by atoms with E-state index in [0.29, 0.717) is 31.6 Å². The summed E-state index contributed by atoms with van der Waals surface area (Å²) in [5.74, 6) is -1.61. The second kappa shape index (κ2) is 3.50. The van der Waals surface area contributed by atoms with Crippen LogP contribution in [0, 0.1) is 11.6 Å². The molecule has 1 aromatic rings. The Hall–Kier alpha value is -1.49. The molecule has 2 aliphatic rings. The van der Waals surface area contributed by atoms with Gasteiger partial charge in [-0.1, -0.05) is 0 Å². The zero-order valence-corrected chi connectivity index (χ0v) is 9.06. The van der Waals surface area contributed by atoms with E-state index in [1.807, 2.05) is 0 Å². The lowest BCUT2D eigenvalue weighted by atomic mass is 9.75. The number of benzene rings is 1. The first-order valence-corrected chi connectivity index (χ1v) is 5.52. The number of hydrogen-bond donors (Lipinski definition) is 1. The first-order chi connectivity index (χ1) is 8.13. The van der Waals surface area contributed by atoms with E-state index in [2.05, 4.69) is 5.32 Å². The third-order valence-corrected chi connectivity index (χ3v) is 3.59. The van der Waals surface area contributed by atoms with Crippen LogP contribution in [0.1, 0.15) is 18.4 Å². The van der Waals surface area contributed by atoms with Crippen molar-refractivity contribution in [1.29, 1.82) is 0 Å². The van der Waals surface area contributed by atoms with E-state index < -0.39 is 17.0 Å². The van der Waals surface area contributed by atoms with Crippen LogP contribution in [0.2, 0.25) is 0 Å². The van der Waals surface area contributed by atoms with Gasteiger partial charge in [0.05, 0.1) is 11.1 Å². The van der Waals surface area contributed by atoms with E-state index in [1.54, 1.807) is 0 Å². The highest BCUT2D eigenvalue weighted by Gasteiger charge is 2.48. The Morgan fingerprint density at radius 2 is 1.94 bits per heavy atom. The Labute approximate surface area is 96.8 Å². The molecule has 2 heterocycles. The molecule has 5 heteroatoms. The van der Waals surface area contributed by atoms with Crippen LogP contribution in [0.25, 0.3) is 0 Å². The molecular formula is C12H11F2NO2. The number of carbonyl (C=O) groups is 1. The maximum Gasteiger partial charge on any atom is 0.235 e. The molecule has 0 aromatic heterocycles. The fraction of sp³-hybridized carbons (Fsp3) is 0.417. The summed E-state index contributed by atoms with van der Waals surface area (Å²) in [5, 5.41) is 2.52. The topological polar surface area (TPSA) is 38.3 Å². The van der Waals surface area contributed by atoms with Crippen molar-refractivity contribution in [3.8, 4) is 0 Å². The molecule has 1 fully saturated rings. The highest BCUT2D eigenvalue weighted by atomic mass is 19.1. The van der Waals surface area contributed by atoms with E-state index in [9.17, 15) is 13.6 Å². The molecule has 1 N–H and O–H groups in total. The van der Waals surface area contributed by atoms with Gasteiger partial charge >= 0.3 is 0 Å². The monoisotopic (exact) mass is 239 g/mol. The van der Waals surface area contributed by atoms with E-state index in [4.69, 9.17) is 4.74 Å². The van der Waals surface area contributed by atoms with Crippen molar-refractivity contribution >= 4 is 11.6 Å². The van der Waals surface area contributed by atoms with Gasteiger partial charge in [-0.3, -0.25) is 4.79 Å². The minimum absolute atomic E-state index is 0.123. The number of rotatable bonds is 0. The Bertz CT molecular complexity index is 496. The van der Waals surface area contributed by atoms with Gasteiger partial charge in [-0.15, -0.1) is 0 Å². The summed E-state index contributed by atoms with van der Waals surface area (Å²) in [6.45, 7) is 0.871.